The van der Waals surface area contributed by atoms with Gasteiger partial charge in [-0.25, -0.2) is 9.97 Å². The molecule has 3 aromatic rings. The van der Waals surface area contributed by atoms with E-state index in [0.29, 0.717) is 11.5 Å². The molecule has 0 unspecified atom stereocenters. The summed E-state index contributed by atoms with van der Waals surface area (Å²) in [6, 6.07) is 9.81. The number of benzene rings is 1. The van der Waals surface area contributed by atoms with Gasteiger partial charge in [-0.15, -0.1) is 0 Å². The SMILES string of the molecule is N#Cc1cnc(Nc2cccc3ccncc23)cn1. The molecule has 0 aliphatic carbocycles. The molecule has 2 heterocycles. The minimum atomic E-state index is 0.296. The molecule has 1 N–H and O–H groups in total. The van der Waals surface area contributed by atoms with Crippen molar-refractivity contribution in [2.75, 3.05) is 5.32 Å². The maximum atomic E-state index is 8.68. The Kier molecular flexibility index (Phi) is 2.75. The summed E-state index contributed by atoms with van der Waals surface area (Å²) in [5, 5.41) is 14.0. The standard InChI is InChI=1S/C14H9N5/c15-6-11-7-18-14(9-17-11)19-13-3-1-2-10-4-5-16-8-12(10)13/h1-5,7-9H,(H,18,19). The van der Waals surface area contributed by atoms with Crippen molar-refractivity contribution in [2.45, 2.75) is 0 Å². The second kappa shape index (κ2) is 4.70. The zero-order chi connectivity index (χ0) is 13.1. The van der Waals surface area contributed by atoms with Gasteiger partial charge in [-0.2, -0.15) is 5.26 Å². The van der Waals surface area contributed by atoms with Crippen LogP contribution in [0.3, 0.4) is 0 Å². The molecule has 0 aliphatic heterocycles. The van der Waals surface area contributed by atoms with Gasteiger partial charge >= 0.3 is 0 Å². The van der Waals surface area contributed by atoms with Gasteiger partial charge in [0.25, 0.3) is 0 Å². The molecule has 0 bridgehead atoms. The minimum Gasteiger partial charge on any atom is -0.338 e. The number of nitrogens with one attached hydrogen (secondary N) is 1. The van der Waals surface area contributed by atoms with Crippen LogP contribution in [0.5, 0.6) is 0 Å². The van der Waals surface area contributed by atoms with Gasteiger partial charge in [0.2, 0.25) is 0 Å². The molecule has 5 heteroatoms. The molecule has 0 saturated heterocycles. The van der Waals surface area contributed by atoms with E-state index < -0.39 is 0 Å². The highest BCUT2D eigenvalue weighted by molar-refractivity contribution is 5.94. The van der Waals surface area contributed by atoms with E-state index in [4.69, 9.17) is 5.26 Å². The highest BCUT2D eigenvalue weighted by Crippen LogP contribution is 2.24. The van der Waals surface area contributed by atoms with E-state index in [9.17, 15) is 0 Å². The summed E-state index contributed by atoms with van der Waals surface area (Å²) in [5.74, 6) is 0.593. The van der Waals surface area contributed by atoms with Crippen LogP contribution < -0.4 is 5.32 Å². The Balaban J connectivity index is 1.99. The maximum Gasteiger partial charge on any atom is 0.158 e. The number of pyridine rings is 1. The van der Waals surface area contributed by atoms with Gasteiger partial charge < -0.3 is 5.32 Å². The maximum absolute atomic E-state index is 8.68. The number of fused-ring (bicyclic) bond motifs is 1. The van der Waals surface area contributed by atoms with Crippen LogP contribution in [-0.2, 0) is 0 Å². The lowest BCUT2D eigenvalue weighted by atomic mass is 10.1. The first kappa shape index (κ1) is 11.1. The Hall–Kier alpha value is -3.00. The van der Waals surface area contributed by atoms with Crippen LogP contribution in [0.2, 0.25) is 0 Å². The van der Waals surface area contributed by atoms with E-state index in [-0.39, 0.29) is 0 Å². The van der Waals surface area contributed by atoms with Crippen molar-refractivity contribution in [1.29, 1.82) is 5.26 Å². The van der Waals surface area contributed by atoms with Crippen molar-refractivity contribution < 1.29 is 0 Å². The van der Waals surface area contributed by atoms with Crippen LogP contribution in [0, 0.1) is 11.3 Å². The lowest BCUT2D eigenvalue weighted by Crippen LogP contribution is -1.96. The van der Waals surface area contributed by atoms with Crippen LogP contribution in [0.1, 0.15) is 5.69 Å². The number of rotatable bonds is 2. The fraction of sp³-hybridized carbons (Fsp3) is 0. The largest absolute Gasteiger partial charge is 0.338 e. The molecular formula is C14H9N5. The number of hydrogen-bond donors (Lipinski definition) is 1. The highest BCUT2D eigenvalue weighted by Gasteiger charge is 2.02. The van der Waals surface area contributed by atoms with E-state index in [1.165, 1.54) is 12.4 Å². The Bertz CT molecular complexity index is 753. The third kappa shape index (κ3) is 2.19. The predicted molar refractivity (Wildman–Crippen MR) is 71.8 cm³/mol. The Morgan fingerprint density at radius 3 is 2.79 bits per heavy atom. The van der Waals surface area contributed by atoms with Crippen molar-refractivity contribution in [3.05, 3.63) is 54.7 Å². The van der Waals surface area contributed by atoms with E-state index >= 15 is 0 Å². The predicted octanol–water partition coefficient (Wildman–Crippen LogP) is 2.64. The molecule has 1 aromatic carbocycles. The van der Waals surface area contributed by atoms with Gasteiger partial charge in [0, 0.05) is 23.5 Å². The lowest BCUT2D eigenvalue weighted by Gasteiger charge is -2.08. The minimum absolute atomic E-state index is 0.296. The first-order chi connectivity index (χ1) is 9.36. The number of aromatic nitrogens is 3. The van der Waals surface area contributed by atoms with Crippen molar-refractivity contribution in [3.8, 4) is 6.07 Å². The lowest BCUT2D eigenvalue weighted by molar-refractivity contribution is 1.16. The second-order valence-corrected chi connectivity index (χ2v) is 3.93. The zero-order valence-electron chi connectivity index (χ0n) is 9.91. The number of hydrogen-bond acceptors (Lipinski definition) is 5. The van der Waals surface area contributed by atoms with Crippen LogP contribution in [0.4, 0.5) is 11.5 Å². The molecule has 0 atom stereocenters. The molecule has 0 spiro atoms. The van der Waals surface area contributed by atoms with Gasteiger partial charge in [-0.3, -0.25) is 4.98 Å². The second-order valence-electron chi connectivity index (χ2n) is 3.93. The smallest absolute Gasteiger partial charge is 0.158 e. The van der Waals surface area contributed by atoms with Crippen molar-refractivity contribution in [3.63, 3.8) is 0 Å². The quantitative estimate of drug-likeness (QED) is 0.753. The van der Waals surface area contributed by atoms with Gasteiger partial charge in [0.05, 0.1) is 12.4 Å². The molecule has 0 saturated carbocycles. The fourth-order valence-electron chi connectivity index (χ4n) is 1.81. The first-order valence-corrected chi connectivity index (χ1v) is 5.69. The number of nitrogens with zero attached hydrogens (tertiary/aromatic N) is 4. The third-order valence-corrected chi connectivity index (χ3v) is 2.71. The summed E-state index contributed by atoms with van der Waals surface area (Å²) >= 11 is 0. The zero-order valence-corrected chi connectivity index (χ0v) is 9.91. The van der Waals surface area contributed by atoms with Crippen molar-refractivity contribution >= 4 is 22.3 Å². The average molecular weight is 247 g/mol. The molecule has 0 fully saturated rings. The molecule has 2 aromatic heterocycles. The van der Waals surface area contributed by atoms with E-state index in [2.05, 4.69) is 20.3 Å². The summed E-state index contributed by atoms with van der Waals surface area (Å²) in [6.07, 6.45) is 6.53. The normalized spacial score (nSPS) is 10.1. The molecule has 0 aliphatic rings. The average Bonchev–Trinajstić information content (AvgIpc) is 2.48. The Morgan fingerprint density at radius 2 is 2.00 bits per heavy atom. The van der Waals surface area contributed by atoms with E-state index in [1.54, 1.807) is 12.4 Å². The van der Waals surface area contributed by atoms with E-state index in [1.807, 2.05) is 30.3 Å². The molecule has 0 amide bonds. The van der Waals surface area contributed by atoms with Crippen molar-refractivity contribution in [1.82, 2.24) is 15.0 Å². The highest BCUT2D eigenvalue weighted by atomic mass is 15.0. The molecule has 0 radical (unpaired) electrons. The van der Waals surface area contributed by atoms with Gasteiger partial charge in [0.1, 0.15) is 11.9 Å². The molecule has 19 heavy (non-hydrogen) atoms. The first-order valence-electron chi connectivity index (χ1n) is 5.69. The van der Waals surface area contributed by atoms with Crippen molar-refractivity contribution in [2.24, 2.45) is 0 Å². The number of nitriles is 1. The fourth-order valence-corrected chi connectivity index (χ4v) is 1.81. The Morgan fingerprint density at radius 1 is 1.05 bits per heavy atom. The Labute approximate surface area is 109 Å². The summed E-state index contributed by atoms with van der Waals surface area (Å²) < 4.78 is 0. The van der Waals surface area contributed by atoms with E-state index in [0.717, 1.165) is 16.5 Å². The third-order valence-electron chi connectivity index (χ3n) is 2.71. The monoisotopic (exact) mass is 247 g/mol. The summed E-state index contributed by atoms with van der Waals surface area (Å²) in [4.78, 5) is 12.2. The van der Waals surface area contributed by atoms with Crippen LogP contribution in [-0.4, -0.2) is 15.0 Å². The molecule has 90 valence electrons. The van der Waals surface area contributed by atoms with Crippen LogP contribution in [0.25, 0.3) is 10.8 Å². The van der Waals surface area contributed by atoms with Crippen LogP contribution >= 0.6 is 0 Å². The van der Waals surface area contributed by atoms with Gasteiger partial charge in [0.15, 0.2) is 5.69 Å². The summed E-state index contributed by atoms with van der Waals surface area (Å²) in [6.45, 7) is 0. The molecule has 3 rings (SSSR count). The van der Waals surface area contributed by atoms with Crippen LogP contribution in [0.15, 0.2) is 49.1 Å². The molecular weight excluding hydrogens is 238 g/mol. The molecule has 5 nitrogen and oxygen atoms in total. The number of anilines is 2. The topological polar surface area (TPSA) is 74.5 Å². The summed E-state index contributed by atoms with van der Waals surface area (Å²) in [7, 11) is 0. The van der Waals surface area contributed by atoms with Gasteiger partial charge in [-0.1, -0.05) is 12.1 Å². The van der Waals surface area contributed by atoms with Gasteiger partial charge in [-0.05, 0) is 17.5 Å². The summed E-state index contributed by atoms with van der Waals surface area (Å²) in [5.41, 5.74) is 1.20.